The van der Waals surface area contributed by atoms with E-state index < -0.39 is 0 Å². The second-order valence-electron chi connectivity index (χ2n) is 4.36. The summed E-state index contributed by atoms with van der Waals surface area (Å²) in [6, 6.07) is 10.5. The fraction of sp³-hybridized carbons (Fsp3) is 0.385. The van der Waals surface area contributed by atoms with Gasteiger partial charge in [-0.25, -0.2) is 0 Å². The van der Waals surface area contributed by atoms with E-state index in [0.29, 0.717) is 12.3 Å². The van der Waals surface area contributed by atoms with Gasteiger partial charge in [0.05, 0.1) is 12.5 Å². The van der Waals surface area contributed by atoms with Crippen LogP contribution < -0.4 is 5.32 Å². The van der Waals surface area contributed by atoms with Crippen LogP contribution in [0.5, 0.6) is 0 Å². The SMILES string of the molecule is c1ccc(Cc2nc(C3CCCN3)no2)cc1. The Morgan fingerprint density at radius 1 is 1.29 bits per heavy atom. The summed E-state index contributed by atoms with van der Waals surface area (Å²) in [5.41, 5.74) is 1.20. The van der Waals surface area contributed by atoms with Gasteiger partial charge in [-0.1, -0.05) is 35.5 Å². The molecule has 0 saturated carbocycles. The minimum atomic E-state index is 0.281. The molecule has 4 heteroatoms. The molecule has 1 aliphatic heterocycles. The fourth-order valence-corrected chi connectivity index (χ4v) is 2.16. The van der Waals surface area contributed by atoms with Crippen LogP contribution in [-0.2, 0) is 6.42 Å². The standard InChI is InChI=1S/C13H15N3O/c1-2-5-10(6-3-1)9-12-15-13(16-17-12)11-7-4-8-14-11/h1-3,5-6,11,14H,4,7-9H2. The largest absolute Gasteiger partial charge is 0.339 e. The van der Waals surface area contributed by atoms with Crippen molar-refractivity contribution in [3.8, 4) is 0 Å². The Labute approximate surface area is 100 Å². The number of rotatable bonds is 3. The Morgan fingerprint density at radius 3 is 2.94 bits per heavy atom. The summed E-state index contributed by atoms with van der Waals surface area (Å²) < 4.78 is 5.28. The van der Waals surface area contributed by atoms with Crippen molar-refractivity contribution in [2.45, 2.75) is 25.3 Å². The van der Waals surface area contributed by atoms with Gasteiger partial charge in [-0.2, -0.15) is 4.98 Å². The predicted molar refractivity (Wildman–Crippen MR) is 63.5 cm³/mol. The predicted octanol–water partition coefficient (Wildman–Crippen LogP) is 2.08. The van der Waals surface area contributed by atoms with Crippen LogP contribution in [-0.4, -0.2) is 16.7 Å². The summed E-state index contributed by atoms with van der Waals surface area (Å²) in [6.45, 7) is 1.05. The van der Waals surface area contributed by atoms with Crippen molar-refractivity contribution < 1.29 is 4.52 Å². The van der Waals surface area contributed by atoms with Crippen LogP contribution in [0.25, 0.3) is 0 Å². The first kappa shape index (κ1) is 10.5. The summed E-state index contributed by atoms with van der Waals surface area (Å²) in [5.74, 6) is 1.49. The Morgan fingerprint density at radius 2 is 2.18 bits per heavy atom. The lowest BCUT2D eigenvalue weighted by Gasteiger charge is -2.01. The molecule has 1 N–H and O–H groups in total. The monoisotopic (exact) mass is 229 g/mol. The summed E-state index contributed by atoms with van der Waals surface area (Å²) in [4.78, 5) is 4.45. The zero-order valence-electron chi connectivity index (χ0n) is 9.60. The van der Waals surface area contributed by atoms with Crippen molar-refractivity contribution in [3.63, 3.8) is 0 Å². The van der Waals surface area contributed by atoms with E-state index in [1.54, 1.807) is 0 Å². The minimum Gasteiger partial charge on any atom is -0.339 e. The van der Waals surface area contributed by atoms with Crippen LogP contribution in [0.1, 0.15) is 36.2 Å². The van der Waals surface area contributed by atoms with Crippen molar-refractivity contribution in [3.05, 3.63) is 47.6 Å². The van der Waals surface area contributed by atoms with Crippen LogP contribution in [0.3, 0.4) is 0 Å². The maximum absolute atomic E-state index is 5.28. The molecule has 2 heterocycles. The van der Waals surface area contributed by atoms with Gasteiger partial charge in [-0.15, -0.1) is 0 Å². The first-order valence-corrected chi connectivity index (χ1v) is 6.01. The molecule has 2 aromatic rings. The molecule has 4 nitrogen and oxygen atoms in total. The highest BCUT2D eigenvalue weighted by Crippen LogP contribution is 2.20. The van der Waals surface area contributed by atoms with E-state index in [4.69, 9.17) is 4.52 Å². The van der Waals surface area contributed by atoms with Gasteiger partial charge in [0, 0.05) is 0 Å². The van der Waals surface area contributed by atoms with Crippen molar-refractivity contribution in [1.29, 1.82) is 0 Å². The second-order valence-corrected chi connectivity index (χ2v) is 4.36. The topological polar surface area (TPSA) is 51.0 Å². The zero-order chi connectivity index (χ0) is 11.5. The van der Waals surface area contributed by atoms with Crippen LogP contribution in [0.15, 0.2) is 34.9 Å². The lowest BCUT2D eigenvalue weighted by atomic mass is 10.1. The molecule has 3 rings (SSSR count). The van der Waals surface area contributed by atoms with E-state index in [9.17, 15) is 0 Å². The van der Waals surface area contributed by atoms with Gasteiger partial charge in [0.2, 0.25) is 5.89 Å². The molecule has 1 aromatic heterocycles. The molecule has 1 atom stereocenters. The van der Waals surface area contributed by atoms with E-state index in [1.807, 2.05) is 18.2 Å². The Bertz CT molecular complexity index is 474. The maximum atomic E-state index is 5.28. The summed E-state index contributed by atoms with van der Waals surface area (Å²) in [6.07, 6.45) is 3.00. The van der Waals surface area contributed by atoms with Crippen LogP contribution >= 0.6 is 0 Å². The fourth-order valence-electron chi connectivity index (χ4n) is 2.16. The second kappa shape index (κ2) is 4.67. The molecule has 88 valence electrons. The van der Waals surface area contributed by atoms with Gasteiger partial charge in [0.25, 0.3) is 0 Å². The van der Waals surface area contributed by atoms with Gasteiger partial charge in [-0.3, -0.25) is 0 Å². The molecule has 0 amide bonds. The lowest BCUT2D eigenvalue weighted by Crippen LogP contribution is -2.14. The molecule has 17 heavy (non-hydrogen) atoms. The molecule has 0 bridgehead atoms. The average molecular weight is 229 g/mol. The molecule has 1 unspecified atom stereocenters. The van der Waals surface area contributed by atoms with Crippen LogP contribution in [0.4, 0.5) is 0 Å². The van der Waals surface area contributed by atoms with E-state index in [-0.39, 0.29) is 6.04 Å². The van der Waals surface area contributed by atoms with Crippen molar-refractivity contribution >= 4 is 0 Å². The van der Waals surface area contributed by atoms with Crippen LogP contribution in [0, 0.1) is 0 Å². The van der Waals surface area contributed by atoms with E-state index >= 15 is 0 Å². The summed E-state index contributed by atoms with van der Waals surface area (Å²) in [7, 11) is 0. The quantitative estimate of drug-likeness (QED) is 0.875. The summed E-state index contributed by atoms with van der Waals surface area (Å²) in [5, 5.41) is 7.41. The van der Waals surface area contributed by atoms with Gasteiger partial charge >= 0.3 is 0 Å². The third kappa shape index (κ3) is 2.36. The Balaban J connectivity index is 1.72. The van der Waals surface area contributed by atoms with E-state index in [1.165, 1.54) is 12.0 Å². The highest BCUT2D eigenvalue weighted by molar-refractivity contribution is 5.18. The number of nitrogens with one attached hydrogen (secondary N) is 1. The summed E-state index contributed by atoms with van der Waals surface area (Å²) >= 11 is 0. The minimum absolute atomic E-state index is 0.281. The van der Waals surface area contributed by atoms with Crippen molar-refractivity contribution in [2.75, 3.05) is 6.54 Å². The first-order valence-electron chi connectivity index (χ1n) is 6.01. The third-order valence-electron chi connectivity index (χ3n) is 3.05. The van der Waals surface area contributed by atoms with Crippen LogP contribution in [0.2, 0.25) is 0 Å². The van der Waals surface area contributed by atoms with E-state index in [2.05, 4.69) is 27.6 Å². The molecule has 1 aliphatic rings. The molecular weight excluding hydrogens is 214 g/mol. The van der Waals surface area contributed by atoms with Gasteiger partial charge < -0.3 is 9.84 Å². The molecule has 0 aliphatic carbocycles. The molecule has 1 saturated heterocycles. The zero-order valence-corrected chi connectivity index (χ0v) is 9.60. The average Bonchev–Trinajstić information content (AvgIpc) is 3.00. The van der Waals surface area contributed by atoms with Gasteiger partial charge in [0.15, 0.2) is 5.82 Å². The van der Waals surface area contributed by atoms with E-state index in [0.717, 1.165) is 18.8 Å². The highest BCUT2D eigenvalue weighted by Gasteiger charge is 2.21. The smallest absolute Gasteiger partial charge is 0.231 e. The molecular formula is C13H15N3O. The normalized spacial score (nSPS) is 19.6. The molecule has 1 aromatic carbocycles. The number of aromatic nitrogens is 2. The third-order valence-corrected chi connectivity index (χ3v) is 3.05. The Hall–Kier alpha value is -1.68. The van der Waals surface area contributed by atoms with Crippen molar-refractivity contribution in [2.24, 2.45) is 0 Å². The van der Waals surface area contributed by atoms with Gasteiger partial charge in [0.1, 0.15) is 0 Å². The molecule has 0 spiro atoms. The first-order chi connectivity index (χ1) is 8.42. The maximum Gasteiger partial charge on any atom is 0.231 e. The number of benzene rings is 1. The van der Waals surface area contributed by atoms with Gasteiger partial charge in [-0.05, 0) is 24.9 Å². The number of hydrogen-bond acceptors (Lipinski definition) is 4. The molecule has 1 fully saturated rings. The Kier molecular flexibility index (Phi) is 2.88. The number of nitrogens with zero attached hydrogens (tertiary/aromatic N) is 2. The number of hydrogen-bond donors (Lipinski definition) is 1. The molecule has 0 radical (unpaired) electrons. The highest BCUT2D eigenvalue weighted by atomic mass is 16.5. The van der Waals surface area contributed by atoms with Crippen molar-refractivity contribution in [1.82, 2.24) is 15.5 Å². The lowest BCUT2D eigenvalue weighted by molar-refractivity contribution is 0.373.